The predicted molar refractivity (Wildman–Crippen MR) is 121 cm³/mol. The average Bonchev–Trinajstić information content (AvgIpc) is 3.26. The molecule has 0 aliphatic carbocycles. The van der Waals surface area contributed by atoms with Crippen LogP contribution in [0, 0.1) is 0 Å². The molecule has 1 N–H and O–H groups in total. The monoisotopic (exact) mass is 446 g/mol. The summed E-state index contributed by atoms with van der Waals surface area (Å²) in [5.74, 6) is 1.47. The second kappa shape index (κ2) is 7.15. The van der Waals surface area contributed by atoms with Crippen LogP contribution in [0.25, 0.3) is 5.70 Å². The van der Waals surface area contributed by atoms with E-state index >= 15 is 0 Å². The van der Waals surface area contributed by atoms with Gasteiger partial charge >= 0.3 is 0 Å². The van der Waals surface area contributed by atoms with Crippen molar-refractivity contribution in [3.63, 3.8) is 0 Å². The van der Waals surface area contributed by atoms with Crippen molar-refractivity contribution in [1.29, 1.82) is 0 Å². The molecule has 0 spiro atoms. The highest BCUT2D eigenvalue weighted by molar-refractivity contribution is 6.35. The van der Waals surface area contributed by atoms with Crippen LogP contribution in [0.4, 0.5) is 5.95 Å². The van der Waals surface area contributed by atoms with Crippen molar-refractivity contribution in [2.24, 2.45) is 0 Å². The van der Waals surface area contributed by atoms with Gasteiger partial charge in [0.1, 0.15) is 18.1 Å². The Morgan fingerprint density at radius 3 is 2.58 bits per heavy atom. The van der Waals surface area contributed by atoms with Gasteiger partial charge in [-0.25, -0.2) is 4.68 Å². The van der Waals surface area contributed by atoms with Crippen molar-refractivity contribution < 1.29 is 4.74 Å². The van der Waals surface area contributed by atoms with E-state index in [9.17, 15) is 0 Å². The molecule has 6 rings (SSSR count). The molecule has 3 aromatic carbocycles. The molecule has 0 amide bonds. The smallest absolute Gasteiger partial charge is 0.226 e. The average molecular weight is 447 g/mol. The van der Waals surface area contributed by atoms with Gasteiger partial charge in [-0.2, -0.15) is 10.1 Å². The van der Waals surface area contributed by atoms with Crippen molar-refractivity contribution in [3.8, 4) is 5.75 Å². The number of benzene rings is 3. The van der Waals surface area contributed by atoms with Crippen molar-refractivity contribution in [3.05, 3.63) is 111 Å². The van der Waals surface area contributed by atoms with Gasteiger partial charge in [0.25, 0.3) is 0 Å². The van der Waals surface area contributed by atoms with Gasteiger partial charge in [-0.05, 0) is 29.8 Å². The van der Waals surface area contributed by atoms with E-state index < -0.39 is 6.10 Å². The van der Waals surface area contributed by atoms with Gasteiger partial charge in [0.2, 0.25) is 5.95 Å². The summed E-state index contributed by atoms with van der Waals surface area (Å²) in [6.07, 6.45) is 1.14. The van der Waals surface area contributed by atoms with Crippen LogP contribution in [-0.4, -0.2) is 14.8 Å². The maximum atomic E-state index is 6.65. The van der Waals surface area contributed by atoms with Crippen molar-refractivity contribution in [1.82, 2.24) is 14.8 Å². The topological polar surface area (TPSA) is 52.0 Å². The van der Waals surface area contributed by atoms with Crippen LogP contribution in [0.3, 0.4) is 0 Å². The summed E-state index contributed by atoms with van der Waals surface area (Å²) in [6.45, 7) is 0. The lowest BCUT2D eigenvalue weighted by Crippen LogP contribution is -2.32. The number of anilines is 1. The molecule has 2 aliphatic rings. The van der Waals surface area contributed by atoms with E-state index in [1.807, 2.05) is 59.3 Å². The van der Waals surface area contributed by atoms with Crippen LogP contribution in [0.2, 0.25) is 10.0 Å². The Hall–Kier alpha value is -3.28. The largest absolute Gasteiger partial charge is 0.480 e. The summed E-state index contributed by atoms with van der Waals surface area (Å²) in [5.41, 5.74) is 4.90. The summed E-state index contributed by atoms with van der Waals surface area (Å²) in [7, 11) is 0. The van der Waals surface area contributed by atoms with Gasteiger partial charge < -0.3 is 10.1 Å². The molecule has 0 fully saturated rings. The Bertz CT molecular complexity index is 1330. The molecule has 2 aliphatic heterocycles. The van der Waals surface area contributed by atoms with E-state index in [4.69, 9.17) is 27.9 Å². The molecule has 0 bridgehead atoms. The van der Waals surface area contributed by atoms with Crippen LogP contribution in [0.5, 0.6) is 5.75 Å². The molecule has 0 saturated carbocycles. The minimum absolute atomic E-state index is 0.208. The summed E-state index contributed by atoms with van der Waals surface area (Å²) in [5, 5.41) is 9.15. The number of nitrogens with one attached hydrogen (secondary N) is 1. The molecule has 5 nitrogen and oxygen atoms in total. The highest BCUT2D eigenvalue weighted by Crippen LogP contribution is 2.51. The first kappa shape index (κ1) is 18.5. The Balaban J connectivity index is 1.65. The molecule has 31 heavy (non-hydrogen) atoms. The Labute approximate surface area is 188 Å². The Morgan fingerprint density at radius 2 is 1.74 bits per heavy atom. The zero-order chi connectivity index (χ0) is 20.9. The number of para-hydroxylation sites is 1. The first-order chi connectivity index (χ1) is 15.2. The summed E-state index contributed by atoms with van der Waals surface area (Å²) < 4.78 is 8.46. The van der Waals surface area contributed by atoms with Crippen LogP contribution in [-0.2, 0) is 0 Å². The SMILES string of the molecule is Clc1ccc([C@H]2Oc3ccccc3C3=C2[C@@H](c2ccccc2)n2ncnc2N3)c(Cl)c1. The fourth-order valence-electron chi connectivity index (χ4n) is 4.35. The second-order valence-electron chi connectivity index (χ2n) is 7.46. The van der Waals surface area contributed by atoms with Gasteiger partial charge in [0.15, 0.2) is 6.10 Å². The number of ether oxygens (including phenoxy) is 1. The Kier molecular flexibility index (Phi) is 4.26. The third-order valence-corrected chi connectivity index (χ3v) is 6.24. The lowest BCUT2D eigenvalue weighted by atomic mass is 9.84. The molecule has 1 aromatic heterocycles. The van der Waals surface area contributed by atoms with Gasteiger partial charge in [0, 0.05) is 26.7 Å². The summed E-state index contributed by atoms with van der Waals surface area (Å²) in [6, 6.07) is 23.5. The van der Waals surface area contributed by atoms with Gasteiger partial charge in [0.05, 0.1) is 5.70 Å². The number of nitrogens with zero attached hydrogens (tertiary/aromatic N) is 3. The number of halogens is 2. The minimum Gasteiger partial charge on any atom is -0.480 e. The highest BCUT2D eigenvalue weighted by atomic mass is 35.5. The molecule has 4 aromatic rings. The number of hydrogen-bond donors (Lipinski definition) is 1. The van der Waals surface area contributed by atoms with Gasteiger partial charge in [-0.3, -0.25) is 0 Å². The van der Waals surface area contributed by atoms with E-state index in [0.717, 1.165) is 33.7 Å². The first-order valence-corrected chi connectivity index (χ1v) is 10.6. The van der Waals surface area contributed by atoms with Crippen molar-refractivity contribution in [2.75, 3.05) is 5.32 Å². The second-order valence-corrected chi connectivity index (χ2v) is 8.30. The normalized spacial score (nSPS) is 19.0. The quantitative estimate of drug-likeness (QED) is 0.401. The lowest BCUT2D eigenvalue weighted by molar-refractivity contribution is 0.223. The number of rotatable bonds is 2. The maximum Gasteiger partial charge on any atom is 0.226 e. The molecule has 0 saturated heterocycles. The number of hydrogen-bond acceptors (Lipinski definition) is 4. The van der Waals surface area contributed by atoms with E-state index in [2.05, 4.69) is 27.5 Å². The molecule has 2 atom stereocenters. The number of fused-ring (bicyclic) bond motifs is 3. The van der Waals surface area contributed by atoms with E-state index in [1.165, 1.54) is 0 Å². The van der Waals surface area contributed by atoms with E-state index in [1.54, 1.807) is 12.4 Å². The fourth-order valence-corrected chi connectivity index (χ4v) is 4.85. The zero-order valence-electron chi connectivity index (χ0n) is 16.2. The molecular formula is C24H16Cl2N4O. The predicted octanol–water partition coefficient (Wildman–Crippen LogP) is 6.14. The number of aromatic nitrogens is 3. The summed E-state index contributed by atoms with van der Waals surface area (Å²) in [4.78, 5) is 4.45. The van der Waals surface area contributed by atoms with Crippen LogP contribution in [0.15, 0.2) is 84.7 Å². The molecule has 3 heterocycles. The lowest BCUT2D eigenvalue weighted by Gasteiger charge is -2.39. The molecule has 152 valence electrons. The zero-order valence-corrected chi connectivity index (χ0v) is 17.7. The molecular weight excluding hydrogens is 431 g/mol. The highest BCUT2D eigenvalue weighted by Gasteiger charge is 2.41. The summed E-state index contributed by atoms with van der Waals surface area (Å²) >= 11 is 12.8. The first-order valence-electron chi connectivity index (χ1n) is 9.87. The van der Waals surface area contributed by atoms with Crippen LogP contribution >= 0.6 is 23.2 Å². The molecule has 0 unspecified atom stereocenters. The van der Waals surface area contributed by atoms with E-state index in [0.29, 0.717) is 16.0 Å². The maximum absolute atomic E-state index is 6.65. The fraction of sp³-hybridized carbons (Fsp3) is 0.0833. The van der Waals surface area contributed by atoms with Crippen LogP contribution < -0.4 is 10.1 Å². The molecule has 7 heteroatoms. The van der Waals surface area contributed by atoms with E-state index in [-0.39, 0.29) is 6.04 Å². The Morgan fingerprint density at radius 1 is 0.935 bits per heavy atom. The van der Waals surface area contributed by atoms with Gasteiger partial charge in [-0.15, -0.1) is 0 Å². The van der Waals surface area contributed by atoms with Crippen molar-refractivity contribution >= 4 is 34.8 Å². The van der Waals surface area contributed by atoms with Crippen LogP contribution in [0.1, 0.15) is 28.8 Å². The van der Waals surface area contributed by atoms with Gasteiger partial charge in [-0.1, -0.05) is 71.7 Å². The van der Waals surface area contributed by atoms with Crippen molar-refractivity contribution in [2.45, 2.75) is 12.1 Å². The minimum atomic E-state index is -0.426. The third-order valence-electron chi connectivity index (χ3n) is 5.68. The third kappa shape index (κ3) is 2.92. The molecule has 0 radical (unpaired) electrons. The standard InChI is InChI=1S/C24H16Cl2N4O/c25-15-10-11-16(18(26)12-15)23-20-21(17-8-4-5-9-19(17)31-23)29-24-27-13-28-30(24)22(20)14-6-2-1-3-7-14/h1-13,22-23H,(H,27,28,29)/t22-,23-/m1/s1.